The maximum atomic E-state index is 5.98. The van der Waals surface area contributed by atoms with Crippen molar-refractivity contribution in [1.29, 1.82) is 0 Å². The molecule has 0 spiro atoms. The van der Waals surface area contributed by atoms with Gasteiger partial charge in [0.1, 0.15) is 0 Å². The SMILES string of the molecule is [Si]O[Si](Cc1ccccc1)c1ccccc1CCl. The Morgan fingerprint density at radius 2 is 1.67 bits per heavy atom. The summed E-state index contributed by atoms with van der Waals surface area (Å²) in [5.74, 6) is 0.523. The van der Waals surface area contributed by atoms with Crippen molar-refractivity contribution in [1.82, 2.24) is 0 Å². The molecule has 0 N–H and O–H groups in total. The smallest absolute Gasteiger partial charge is 0.239 e. The van der Waals surface area contributed by atoms with Crippen molar-refractivity contribution in [3.8, 4) is 0 Å². The van der Waals surface area contributed by atoms with Crippen LogP contribution in [0.4, 0.5) is 0 Å². The second-order valence-electron chi connectivity index (χ2n) is 3.98. The highest BCUT2D eigenvalue weighted by molar-refractivity contribution is 6.70. The van der Waals surface area contributed by atoms with E-state index in [1.807, 2.05) is 18.2 Å². The molecule has 2 aromatic rings. The third-order valence-corrected chi connectivity index (χ3v) is 5.88. The first-order valence-corrected chi connectivity index (χ1v) is 8.28. The first-order valence-electron chi connectivity index (χ1n) is 5.72. The van der Waals surface area contributed by atoms with Crippen molar-refractivity contribution in [2.24, 2.45) is 0 Å². The minimum atomic E-state index is -1.13. The summed E-state index contributed by atoms with van der Waals surface area (Å²) >= 11 is 5.98. The van der Waals surface area contributed by atoms with Crippen molar-refractivity contribution in [2.45, 2.75) is 11.9 Å². The molecule has 0 heterocycles. The molecule has 0 aliphatic heterocycles. The van der Waals surface area contributed by atoms with Gasteiger partial charge in [0.2, 0.25) is 19.5 Å². The number of halogens is 1. The zero-order chi connectivity index (χ0) is 12.8. The average molecular weight is 289 g/mol. The molecule has 4 heteroatoms. The molecule has 1 nitrogen and oxygen atoms in total. The first-order chi connectivity index (χ1) is 8.85. The van der Waals surface area contributed by atoms with E-state index in [2.05, 4.69) is 46.9 Å². The van der Waals surface area contributed by atoms with Crippen LogP contribution in [0.1, 0.15) is 11.1 Å². The van der Waals surface area contributed by atoms with Gasteiger partial charge in [-0.15, -0.1) is 11.6 Å². The maximum absolute atomic E-state index is 5.98. The molecule has 0 aliphatic carbocycles. The Kier molecular flexibility index (Phi) is 5.19. The van der Waals surface area contributed by atoms with Crippen LogP contribution in [0.3, 0.4) is 0 Å². The molecule has 0 saturated heterocycles. The zero-order valence-corrected chi connectivity index (χ0v) is 12.7. The fourth-order valence-electron chi connectivity index (χ4n) is 1.88. The minimum absolute atomic E-state index is 0.523. The van der Waals surface area contributed by atoms with Gasteiger partial charge in [-0.3, -0.25) is 0 Å². The quantitative estimate of drug-likeness (QED) is 0.607. The van der Waals surface area contributed by atoms with Gasteiger partial charge >= 0.3 is 0 Å². The Hall–Kier alpha value is -0.876. The third kappa shape index (κ3) is 3.32. The maximum Gasteiger partial charge on any atom is 0.239 e. The van der Waals surface area contributed by atoms with E-state index in [-0.39, 0.29) is 0 Å². The Labute approximate surface area is 118 Å². The summed E-state index contributed by atoms with van der Waals surface area (Å²) in [7, 11) is 2.10. The van der Waals surface area contributed by atoms with Crippen LogP contribution in [0.2, 0.25) is 0 Å². The second-order valence-corrected chi connectivity index (χ2v) is 6.80. The Balaban J connectivity index is 2.23. The molecular weight excluding hydrogens is 276 g/mol. The number of benzene rings is 2. The normalized spacial score (nSPS) is 10.8. The summed E-state index contributed by atoms with van der Waals surface area (Å²) in [5.41, 5.74) is 2.44. The van der Waals surface area contributed by atoms with E-state index in [0.717, 1.165) is 11.6 Å². The lowest BCUT2D eigenvalue weighted by atomic mass is 10.2. The van der Waals surface area contributed by atoms with Gasteiger partial charge in [-0.2, -0.15) is 0 Å². The fraction of sp³-hybridized carbons (Fsp3) is 0.143. The summed E-state index contributed by atoms with van der Waals surface area (Å²) in [6.07, 6.45) is 0. The van der Waals surface area contributed by atoms with E-state index in [4.69, 9.17) is 15.7 Å². The number of rotatable bonds is 5. The Morgan fingerprint density at radius 3 is 2.33 bits per heavy atom. The van der Waals surface area contributed by atoms with Crippen molar-refractivity contribution in [3.05, 3.63) is 65.7 Å². The van der Waals surface area contributed by atoms with Crippen LogP contribution in [0.15, 0.2) is 54.6 Å². The molecule has 4 radical (unpaired) electrons. The van der Waals surface area contributed by atoms with Gasteiger partial charge < -0.3 is 4.12 Å². The monoisotopic (exact) mass is 288 g/mol. The Morgan fingerprint density at radius 1 is 1.00 bits per heavy atom. The number of hydrogen-bond donors (Lipinski definition) is 0. The first kappa shape index (κ1) is 13.6. The summed E-state index contributed by atoms with van der Waals surface area (Å²) in [4.78, 5) is 0. The topological polar surface area (TPSA) is 9.23 Å². The highest BCUT2D eigenvalue weighted by Crippen LogP contribution is 2.07. The largest absolute Gasteiger partial charge is 0.453 e. The van der Waals surface area contributed by atoms with Gasteiger partial charge in [0.25, 0.3) is 0 Å². The molecule has 0 bridgehead atoms. The highest BCUT2D eigenvalue weighted by atomic mass is 35.5. The van der Waals surface area contributed by atoms with E-state index in [1.54, 1.807) is 0 Å². The molecule has 0 fully saturated rings. The van der Waals surface area contributed by atoms with Crippen molar-refractivity contribution in [2.75, 3.05) is 0 Å². The highest BCUT2D eigenvalue weighted by Gasteiger charge is 2.18. The predicted molar refractivity (Wildman–Crippen MR) is 78.4 cm³/mol. The molecule has 18 heavy (non-hydrogen) atoms. The van der Waals surface area contributed by atoms with Crippen molar-refractivity contribution >= 4 is 36.3 Å². The van der Waals surface area contributed by atoms with E-state index < -0.39 is 9.04 Å². The lowest BCUT2D eigenvalue weighted by molar-refractivity contribution is 0.643. The predicted octanol–water partition coefficient (Wildman–Crippen LogP) is 2.51. The molecule has 0 atom stereocenters. The minimum Gasteiger partial charge on any atom is -0.453 e. The van der Waals surface area contributed by atoms with Gasteiger partial charge in [-0.05, 0) is 22.4 Å². The van der Waals surface area contributed by atoms with Crippen LogP contribution in [0.25, 0.3) is 0 Å². The van der Waals surface area contributed by atoms with Crippen LogP contribution in [-0.4, -0.2) is 19.5 Å². The molecule has 90 valence electrons. The third-order valence-electron chi connectivity index (χ3n) is 2.79. The van der Waals surface area contributed by atoms with Gasteiger partial charge in [0.05, 0.1) is 0 Å². The molecule has 0 aromatic heterocycles. The molecule has 0 aliphatic rings. The molecule has 0 unspecified atom stereocenters. The van der Waals surface area contributed by atoms with Crippen molar-refractivity contribution in [3.63, 3.8) is 0 Å². The van der Waals surface area contributed by atoms with E-state index in [1.165, 1.54) is 10.8 Å². The van der Waals surface area contributed by atoms with Crippen LogP contribution in [0, 0.1) is 0 Å². The molecule has 0 saturated carbocycles. The molecular formula is C14H13ClOSi2. The lowest BCUT2D eigenvalue weighted by Gasteiger charge is -2.16. The van der Waals surface area contributed by atoms with E-state index >= 15 is 0 Å². The zero-order valence-electron chi connectivity index (χ0n) is 9.90. The van der Waals surface area contributed by atoms with Gasteiger partial charge in [-0.1, -0.05) is 54.6 Å². The Bertz CT molecular complexity index is 490. The lowest BCUT2D eigenvalue weighted by Crippen LogP contribution is -2.37. The van der Waals surface area contributed by atoms with Crippen molar-refractivity contribution < 1.29 is 4.12 Å². The van der Waals surface area contributed by atoms with Crippen LogP contribution >= 0.6 is 11.6 Å². The van der Waals surface area contributed by atoms with Gasteiger partial charge in [0.15, 0.2) is 0 Å². The van der Waals surface area contributed by atoms with E-state index in [9.17, 15) is 0 Å². The fourth-order valence-corrected chi connectivity index (χ4v) is 4.56. The summed E-state index contributed by atoms with van der Waals surface area (Å²) in [6.45, 7) is 0. The van der Waals surface area contributed by atoms with Gasteiger partial charge in [0, 0.05) is 5.88 Å². The number of alkyl halides is 1. The molecule has 2 aromatic carbocycles. The summed E-state index contributed by atoms with van der Waals surface area (Å²) in [6, 6.07) is 19.5. The molecule has 0 amide bonds. The van der Waals surface area contributed by atoms with Crippen LogP contribution < -0.4 is 5.19 Å². The van der Waals surface area contributed by atoms with Crippen LogP contribution in [0.5, 0.6) is 0 Å². The van der Waals surface area contributed by atoms with E-state index in [0.29, 0.717) is 5.88 Å². The summed E-state index contributed by atoms with van der Waals surface area (Å²) in [5, 5.41) is 1.23. The average Bonchev–Trinajstić information content (AvgIpc) is 2.46. The molecule has 2 rings (SSSR count). The summed E-state index contributed by atoms with van der Waals surface area (Å²) < 4.78 is 5.53. The number of hydrogen-bond acceptors (Lipinski definition) is 1. The van der Waals surface area contributed by atoms with Crippen LogP contribution in [-0.2, 0) is 16.0 Å². The second kappa shape index (κ2) is 6.90. The van der Waals surface area contributed by atoms with Gasteiger partial charge in [-0.25, -0.2) is 0 Å². The standard InChI is InChI=1S/C14H13ClOSi2/c15-10-13-8-4-5-9-14(13)18(16-17)11-12-6-2-1-3-7-12/h1-9H,10-11H2.